The maximum absolute atomic E-state index is 9.51. The van der Waals surface area contributed by atoms with E-state index in [0.29, 0.717) is 0 Å². The predicted molar refractivity (Wildman–Crippen MR) is 73.0 cm³/mol. The molecule has 2 rings (SSSR count). The third-order valence-electron chi connectivity index (χ3n) is 2.83. The summed E-state index contributed by atoms with van der Waals surface area (Å²) < 4.78 is 0. The number of nitrogens with zero attached hydrogens (tertiary/aromatic N) is 2. The van der Waals surface area contributed by atoms with Gasteiger partial charge in [0.15, 0.2) is 0 Å². The van der Waals surface area contributed by atoms with Gasteiger partial charge >= 0.3 is 0 Å². The van der Waals surface area contributed by atoms with Gasteiger partial charge in [0.1, 0.15) is 0 Å². The molecule has 0 amide bonds. The summed E-state index contributed by atoms with van der Waals surface area (Å²) in [5.74, 6) is 0. The van der Waals surface area contributed by atoms with Crippen LogP contribution in [-0.4, -0.2) is 29.1 Å². The number of pyridine rings is 1. The number of aliphatic hydroxyl groups excluding tert-OH is 1. The van der Waals surface area contributed by atoms with Gasteiger partial charge in [0.25, 0.3) is 0 Å². The number of aromatic nitrogens is 1. The van der Waals surface area contributed by atoms with Gasteiger partial charge in [0.2, 0.25) is 0 Å². The molecule has 18 heavy (non-hydrogen) atoms. The molecule has 0 saturated heterocycles. The Bertz CT molecular complexity index is 509. The van der Waals surface area contributed by atoms with E-state index < -0.39 is 0 Å². The first-order valence-corrected chi connectivity index (χ1v) is 5.98. The van der Waals surface area contributed by atoms with Crippen molar-refractivity contribution in [2.24, 2.45) is 0 Å². The van der Waals surface area contributed by atoms with Gasteiger partial charge in [-0.15, -0.1) is 0 Å². The van der Waals surface area contributed by atoms with Gasteiger partial charge in [0, 0.05) is 18.9 Å². The van der Waals surface area contributed by atoms with Crippen LogP contribution in [0.5, 0.6) is 0 Å². The molecule has 0 aliphatic heterocycles. The molecule has 0 fully saturated rings. The summed E-state index contributed by atoms with van der Waals surface area (Å²) in [5, 5.41) is 9.51. The lowest BCUT2D eigenvalue weighted by molar-refractivity contribution is 0.282. The van der Waals surface area contributed by atoms with Crippen LogP contribution in [0.15, 0.2) is 42.7 Å². The van der Waals surface area contributed by atoms with Crippen LogP contribution in [0.2, 0.25) is 0 Å². The predicted octanol–water partition coefficient (Wildman–Crippen LogP) is 2.30. The number of hydrogen-bond donors (Lipinski definition) is 1. The molecule has 0 atom stereocenters. The summed E-state index contributed by atoms with van der Waals surface area (Å²) in [6, 6.07) is 10.2. The Morgan fingerprint density at radius 2 is 1.83 bits per heavy atom. The Hall–Kier alpha value is -1.71. The van der Waals surface area contributed by atoms with Gasteiger partial charge in [-0.2, -0.15) is 0 Å². The van der Waals surface area contributed by atoms with Crippen molar-refractivity contribution < 1.29 is 5.11 Å². The van der Waals surface area contributed by atoms with Crippen LogP contribution in [-0.2, 0) is 13.2 Å². The molecule has 1 aromatic heterocycles. The Labute approximate surface area is 108 Å². The highest BCUT2D eigenvalue weighted by Crippen LogP contribution is 2.24. The number of aliphatic hydroxyl groups is 1. The largest absolute Gasteiger partial charge is 0.392 e. The minimum absolute atomic E-state index is 0.0545. The van der Waals surface area contributed by atoms with Crippen molar-refractivity contribution in [2.45, 2.75) is 13.2 Å². The summed E-state index contributed by atoms with van der Waals surface area (Å²) in [5.41, 5.74) is 4.33. The van der Waals surface area contributed by atoms with Crippen LogP contribution in [0.4, 0.5) is 0 Å². The highest BCUT2D eigenvalue weighted by atomic mass is 16.3. The first kappa shape index (κ1) is 12.7. The van der Waals surface area contributed by atoms with Crippen molar-refractivity contribution in [1.29, 1.82) is 0 Å². The molecular weight excluding hydrogens is 224 g/mol. The van der Waals surface area contributed by atoms with E-state index in [1.165, 1.54) is 5.56 Å². The van der Waals surface area contributed by atoms with E-state index in [0.717, 1.165) is 23.2 Å². The molecule has 0 spiro atoms. The monoisotopic (exact) mass is 242 g/mol. The first-order chi connectivity index (χ1) is 8.70. The SMILES string of the molecule is CN(C)Cc1ccc(-c2ccncc2)c(CO)c1. The van der Waals surface area contributed by atoms with Crippen LogP contribution >= 0.6 is 0 Å². The van der Waals surface area contributed by atoms with Gasteiger partial charge in [-0.3, -0.25) is 4.98 Å². The van der Waals surface area contributed by atoms with Crippen LogP contribution in [0, 0.1) is 0 Å². The number of benzene rings is 1. The first-order valence-electron chi connectivity index (χ1n) is 5.98. The van der Waals surface area contributed by atoms with Gasteiger partial charge in [-0.05, 0) is 48.5 Å². The van der Waals surface area contributed by atoms with E-state index in [1.807, 2.05) is 26.2 Å². The summed E-state index contributed by atoms with van der Waals surface area (Å²) in [6.45, 7) is 0.933. The van der Waals surface area contributed by atoms with Crippen LogP contribution < -0.4 is 0 Å². The van der Waals surface area contributed by atoms with E-state index in [4.69, 9.17) is 0 Å². The molecule has 0 saturated carbocycles. The fourth-order valence-electron chi connectivity index (χ4n) is 2.05. The van der Waals surface area contributed by atoms with E-state index in [-0.39, 0.29) is 6.61 Å². The van der Waals surface area contributed by atoms with Gasteiger partial charge in [0.05, 0.1) is 6.61 Å². The van der Waals surface area contributed by atoms with Crippen LogP contribution in [0.1, 0.15) is 11.1 Å². The zero-order valence-corrected chi connectivity index (χ0v) is 10.8. The highest BCUT2D eigenvalue weighted by Gasteiger charge is 2.06. The molecule has 1 N–H and O–H groups in total. The van der Waals surface area contributed by atoms with Gasteiger partial charge < -0.3 is 10.0 Å². The quantitative estimate of drug-likeness (QED) is 0.893. The molecule has 1 aromatic carbocycles. The number of hydrogen-bond acceptors (Lipinski definition) is 3. The van der Waals surface area contributed by atoms with Crippen molar-refractivity contribution >= 4 is 0 Å². The Morgan fingerprint density at radius 3 is 2.44 bits per heavy atom. The summed E-state index contributed by atoms with van der Waals surface area (Å²) in [4.78, 5) is 6.13. The lowest BCUT2D eigenvalue weighted by Crippen LogP contribution is -2.10. The second-order valence-corrected chi connectivity index (χ2v) is 4.62. The van der Waals surface area contributed by atoms with E-state index in [1.54, 1.807) is 12.4 Å². The molecule has 3 heteroatoms. The Balaban J connectivity index is 2.38. The standard InChI is InChI=1S/C15H18N2O/c1-17(2)10-12-3-4-15(14(9-12)11-18)13-5-7-16-8-6-13/h3-9,18H,10-11H2,1-2H3. The molecule has 0 bridgehead atoms. The molecule has 94 valence electrons. The molecule has 0 aliphatic carbocycles. The van der Waals surface area contributed by atoms with Crippen molar-refractivity contribution in [3.63, 3.8) is 0 Å². The third kappa shape index (κ3) is 2.94. The number of rotatable bonds is 4. The second-order valence-electron chi connectivity index (χ2n) is 4.62. The highest BCUT2D eigenvalue weighted by molar-refractivity contribution is 5.67. The van der Waals surface area contributed by atoms with E-state index in [9.17, 15) is 5.11 Å². The molecule has 3 nitrogen and oxygen atoms in total. The van der Waals surface area contributed by atoms with Crippen molar-refractivity contribution in [3.05, 3.63) is 53.9 Å². The smallest absolute Gasteiger partial charge is 0.0687 e. The minimum atomic E-state index is 0.0545. The maximum atomic E-state index is 9.51. The van der Waals surface area contributed by atoms with Gasteiger partial charge in [-0.25, -0.2) is 0 Å². The van der Waals surface area contributed by atoms with Crippen molar-refractivity contribution in [2.75, 3.05) is 14.1 Å². The lowest BCUT2D eigenvalue weighted by atomic mass is 9.98. The van der Waals surface area contributed by atoms with E-state index >= 15 is 0 Å². The maximum Gasteiger partial charge on any atom is 0.0687 e. The fraction of sp³-hybridized carbons (Fsp3) is 0.267. The molecule has 0 aliphatic rings. The summed E-state index contributed by atoms with van der Waals surface area (Å²) in [7, 11) is 4.07. The van der Waals surface area contributed by atoms with Gasteiger partial charge in [-0.1, -0.05) is 18.2 Å². The second kappa shape index (κ2) is 5.76. The third-order valence-corrected chi connectivity index (χ3v) is 2.83. The zero-order valence-electron chi connectivity index (χ0n) is 10.8. The summed E-state index contributed by atoms with van der Waals surface area (Å²) in [6.07, 6.45) is 3.54. The summed E-state index contributed by atoms with van der Waals surface area (Å²) >= 11 is 0. The Kier molecular flexibility index (Phi) is 4.07. The van der Waals surface area contributed by atoms with Crippen LogP contribution in [0.3, 0.4) is 0 Å². The molecule has 1 heterocycles. The lowest BCUT2D eigenvalue weighted by Gasteiger charge is -2.13. The van der Waals surface area contributed by atoms with Crippen molar-refractivity contribution in [3.8, 4) is 11.1 Å². The topological polar surface area (TPSA) is 36.4 Å². The van der Waals surface area contributed by atoms with Crippen LogP contribution in [0.25, 0.3) is 11.1 Å². The zero-order chi connectivity index (χ0) is 13.0. The average Bonchev–Trinajstić information content (AvgIpc) is 2.39. The average molecular weight is 242 g/mol. The van der Waals surface area contributed by atoms with Crippen molar-refractivity contribution in [1.82, 2.24) is 9.88 Å². The molecule has 0 radical (unpaired) electrons. The normalized spacial score (nSPS) is 10.9. The van der Waals surface area contributed by atoms with E-state index in [2.05, 4.69) is 28.1 Å². The molecule has 2 aromatic rings. The Morgan fingerprint density at radius 1 is 1.11 bits per heavy atom. The molecular formula is C15H18N2O. The fourth-order valence-corrected chi connectivity index (χ4v) is 2.05. The molecule has 0 unspecified atom stereocenters. The minimum Gasteiger partial charge on any atom is -0.392 e.